The third-order valence-corrected chi connectivity index (χ3v) is 5.33. The third-order valence-electron chi connectivity index (χ3n) is 5.33. The Morgan fingerprint density at radius 2 is 2.24 bits per heavy atom. The van der Waals surface area contributed by atoms with Gasteiger partial charge in [-0.15, -0.1) is 0 Å². The number of aliphatic hydroxyl groups excluding tert-OH is 1. The number of hydrogen-bond donors (Lipinski definition) is 1. The highest BCUT2D eigenvalue weighted by Crippen LogP contribution is 2.47. The van der Waals surface area contributed by atoms with E-state index >= 15 is 0 Å². The van der Waals surface area contributed by atoms with Gasteiger partial charge in [-0.3, -0.25) is 4.79 Å². The molecule has 1 saturated carbocycles. The van der Waals surface area contributed by atoms with Crippen LogP contribution in [0, 0.1) is 17.8 Å². The van der Waals surface area contributed by atoms with Crippen molar-refractivity contribution < 1.29 is 9.90 Å². The monoisotopic (exact) mass is 237 g/mol. The Bertz CT molecular complexity index is 317. The Hall–Kier alpha value is -0.570. The summed E-state index contributed by atoms with van der Waals surface area (Å²) in [5.41, 5.74) is 0. The summed E-state index contributed by atoms with van der Waals surface area (Å²) in [6.07, 6.45) is 5.85. The zero-order chi connectivity index (χ0) is 12.0. The number of hydrogen-bond acceptors (Lipinski definition) is 2. The molecule has 3 nitrogen and oxygen atoms in total. The van der Waals surface area contributed by atoms with Crippen molar-refractivity contribution in [3.8, 4) is 0 Å². The fraction of sp³-hybridized carbons (Fsp3) is 0.929. The first-order valence-corrected chi connectivity index (χ1v) is 7.20. The summed E-state index contributed by atoms with van der Waals surface area (Å²) in [6, 6.07) is 0.457. The van der Waals surface area contributed by atoms with Crippen LogP contribution in [0.3, 0.4) is 0 Å². The van der Waals surface area contributed by atoms with E-state index in [0.29, 0.717) is 29.7 Å². The number of rotatable bonds is 1. The van der Waals surface area contributed by atoms with Gasteiger partial charge in [0.1, 0.15) is 0 Å². The van der Waals surface area contributed by atoms with Crippen LogP contribution in [-0.2, 0) is 4.79 Å². The van der Waals surface area contributed by atoms with Crippen LogP contribution in [0.4, 0.5) is 0 Å². The van der Waals surface area contributed by atoms with E-state index in [1.165, 1.54) is 0 Å². The second-order valence-corrected chi connectivity index (χ2v) is 6.06. The maximum Gasteiger partial charge on any atom is 0.222 e. The van der Waals surface area contributed by atoms with Crippen molar-refractivity contribution in [2.75, 3.05) is 6.54 Å². The first-order valence-electron chi connectivity index (χ1n) is 7.20. The van der Waals surface area contributed by atoms with Gasteiger partial charge in [0.15, 0.2) is 0 Å². The van der Waals surface area contributed by atoms with Gasteiger partial charge >= 0.3 is 0 Å². The van der Waals surface area contributed by atoms with E-state index in [2.05, 4.69) is 11.8 Å². The van der Waals surface area contributed by atoms with Gasteiger partial charge in [0.2, 0.25) is 5.91 Å². The van der Waals surface area contributed by atoms with Crippen LogP contribution in [0.15, 0.2) is 0 Å². The standard InChI is InChI=1S/C14H23NO2/c1-2-10-11-4-3-5-13(17)15-7-6-9(14(11)15)8-12(10)16/h9-12,14,16H,2-8H2,1H3/t9-,10+,11+,12+,14-/m1/s1. The van der Waals surface area contributed by atoms with Crippen molar-refractivity contribution in [2.45, 2.75) is 57.6 Å². The molecule has 0 aromatic rings. The molecule has 0 bridgehead atoms. The quantitative estimate of drug-likeness (QED) is 0.755. The third kappa shape index (κ3) is 1.70. The molecule has 1 N–H and O–H groups in total. The average Bonchev–Trinajstić information content (AvgIpc) is 2.64. The van der Waals surface area contributed by atoms with E-state index in [0.717, 1.165) is 45.1 Å². The summed E-state index contributed by atoms with van der Waals surface area (Å²) in [4.78, 5) is 14.2. The first kappa shape index (κ1) is 11.5. The fourth-order valence-corrected chi connectivity index (χ4v) is 4.62. The second-order valence-electron chi connectivity index (χ2n) is 6.06. The summed E-state index contributed by atoms with van der Waals surface area (Å²) >= 11 is 0. The molecule has 17 heavy (non-hydrogen) atoms. The van der Waals surface area contributed by atoms with Gasteiger partial charge in [0, 0.05) is 19.0 Å². The molecule has 2 aliphatic heterocycles. The van der Waals surface area contributed by atoms with Gasteiger partial charge < -0.3 is 10.0 Å². The number of aliphatic hydroxyl groups is 1. The minimum absolute atomic E-state index is 0.126. The van der Waals surface area contributed by atoms with Crippen LogP contribution in [-0.4, -0.2) is 34.6 Å². The zero-order valence-corrected chi connectivity index (χ0v) is 10.6. The van der Waals surface area contributed by atoms with Gasteiger partial charge in [-0.05, 0) is 43.4 Å². The number of nitrogens with zero attached hydrogens (tertiary/aromatic N) is 1. The van der Waals surface area contributed by atoms with Crippen LogP contribution in [0.1, 0.15) is 45.4 Å². The van der Waals surface area contributed by atoms with E-state index in [4.69, 9.17) is 0 Å². The number of carbonyl (C=O) groups is 1. The normalized spacial score (nSPS) is 45.6. The predicted molar refractivity (Wildman–Crippen MR) is 65.4 cm³/mol. The summed E-state index contributed by atoms with van der Waals surface area (Å²) in [5, 5.41) is 10.3. The molecule has 3 rings (SSSR count). The molecule has 2 saturated heterocycles. The minimum Gasteiger partial charge on any atom is -0.393 e. The van der Waals surface area contributed by atoms with Gasteiger partial charge in [-0.2, -0.15) is 0 Å². The van der Waals surface area contributed by atoms with Gasteiger partial charge in [-0.1, -0.05) is 13.3 Å². The smallest absolute Gasteiger partial charge is 0.222 e. The van der Waals surface area contributed by atoms with Crippen molar-refractivity contribution in [3.05, 3.63) is 0 Å². The molecular formula is C14H23NO2. The van der Waals surface area contributed by atoms with E-state index in [1.807, 2.05) is 0 Å². The van der Waals surface area contributed by atoms with Gasteiger partial charge in [-0.25, -0.2) is 0 Å². The molecule has 1 amide bonds. The summed E-state index contributed by atoms with van der Waals surface area (Å²) in [5.74, 6) is 1.91. The lowest BCUT2D eigenvalue weighted by atomic mass is 9.67. The topological polar surface area (TPSA) is 40.5 Å². The maximum atomic E-state index is 12.1. The Morgan fingerprint density at radius 3 is 3.00 bits per heavy atom. The van der Waals surface area contributed by atoms with Crippen LogP contribution in [0.2, 0.25) is 0 Å². The lowest BCUT2D eigenvalue weighted by molar-refractivity contribution is -0.134. The van der Waals surface area contributed by atoms with Crippen molar-refractivity contribution in [3.63, 3.8) is 0 Å². The number of amides is 1. The van der Waals surface area contributed by atoms with E-state index in [-0.39, 0.29) is 6.10 Å². The van der Waals surface area contributed by atoms with Crippen molar-refractivity contribution in [1.82, 2.24) is 4.90 Å². The predicted octanol–water partition coefficient (Wildman–Crippen LogP) is 1.79. The first-order chi connectivity index (χ1) is 8.22. The number of carbonyl (C=O) groups excluding carboxylic acids is 1. The van der Waals surface area contributed by atoms with Crippen molar-refractivity contribution >= 4 is 5.91 Å². The second kappa shape index (κ2) is 4.27. The highest BCUT2D eigenvalue weighted by molar-refractivity contribution is 5.77. The molecule has 3 fully saturated rings. The molecule has 3 aliphatic rings. The Kier molecular flexibility index (Phi) is 2.89. The SMILES string of the molecule is CC[C@H]1[C@@H]2CCCC(=O)N3CC[C@H](C[C@@H]1O)[C@H]23. The molecule has 5 atom stereocenters. The Morgan fingerprint density at radius 1 is 1.41 bits per heavy atom. The van der Waals surface area contributed by atoms with Crippen LogP contribution < -0.4 is 0 Å². The average molecular weight is 237 g/mol. The fourth-order valence-electron chi connectivity index (χ4n) is 4.62. The van der Waals surface area contributed by atoms with Crippen molar-refractivity contribution in [2.24, 2.45) is 17.8 Å². The zero-order valence-electron chi connectivity index (χ0n) is 10.6. The molecule has 0 aromatic carbocycles. The highest BCUT2D eigenvalue weighted by Gasteiger charge is 2.50. The van der Waals surface area contributed by atoms with E-state index in [1.54, 1.807) is 0 Å². The minimum atomic E-state index is -0.126. The molecular weight excluding hydrogens is 214 g/mol. The van der Waals surface area contributed by atoms with Crippen LogP contribution in [0.25, 0.3) is 0 Å². The molecule has 2 heterocycles. The summed E-state index contributed by atoms with van der Waals surface area (Å²) in [6.45, 7) is 3.12. The Balaban J connectivity index is 1.92. The molecule has 0 spiro atoms. The van der Waals surface area contributed by atoms with Gasteiger partial charge in [0.05, 0.1) is 6.10 Å². The van der Waals surface area contributed by atoms with E-state index in [9.17, 15) is 9.90 Å². The molecule has 1 aliphatic carbocycles. The molecule has 96 valence electrons. The lowest BCUT2D eigenvalue weighted by Gasteiger charge is -2.44. The van der Waals surface area contributed by atoms with Gasteiger partial charge in [0.25, 0.3) is 0 Å². The molecule has 3 heteroatoms. The largest absolute Gasteiger partial charge is 0.393 e. The molecule has 0 unspecified atom stereocenters. The summed E-state index contributed by atoms with van der Waals surface area (Å²) < 4.78 is 0. The van der Waals surface area contributed by atoms with Crippen LogP contribution >= 0.6 is 0 Å². The Labute approximate surface area is 103 Å². The molecule has 0 radical (unpaired) electrons. The van der Waals surface area contributed by atoms with Crippen molar-refractivity contribution in [1.29, 1.82) is 0 Å². The summed E-state index contributed by atoms with van der Waals surface area (Å²) in [7, 11) is 0. The molecule has 0 aromatic heterocycles. The maximum absolute atomic E-state index is 12.1. The van der Waals surface area contributed by atoms with E-state index < -0.39 is 0 Å². The van der Waals surface area contributed by atoms with Crippen LogP contribution in [0.5, 0.6) is 0 Å². The highest BCUT2D eigenvalue weighted by atomic mass is 16.3. The lowest BCUT2D eigenvalue weighted by Crippen LogP contribution is -2.50.